The van der Waals surface area contributed by atoms with Crippen molar-refractivity contribution in [2.45, 2.75) is 6.04 Å². The topological polar surface area (TPSA) is 38.0 Å². The summed E-state index contributed by atoms with van der Waals surface area (Å²) in [5.74, 6) is 2.88. The van der Waals surface area contributed by atoms with Gasteiger partial charge in [0.05, 0.1) is 15.0 Å². The van der Waals surface area contributed by atoms with Gasteiger partial charge in [0.2, 0.25) is 0 Å². The summed E-state index contributed by atoms with van der Waals surface area (Å²) >= 11 is 6.04. The van der Waals surface area contributed by atoms with Gasteiger partial charge in [0.1, 0.15) is 5.82 Å². The number of nitrogens with one attached hydrogen (secondary N) is 1. The lowest BCUT2D eigenvalue weighted by molar-refractivity contribution is 0.496. The first kappa shape index (κ1) is 15.5. The Kier molecular flexibility index (Phi) is 4.85. The quantitative estimate of drug-likeness (QED) is 0.453. The van der Waals surface area contributed by atoms with Crippen LogP contribution in [-0.4, -0.2) is 0 Å². The Balaban J connectivity index is 2.59. The summed E-state index contributed by atoms with van der Waals surface area (Å²) in [7, 11) is 0. The molecule has 2 aromatic rings. The maximum absolute atomic E-state index is 14.1. The molecule has 0 heterocycles. The minimum absolute atomic E-state index is 0.0974. The van der Waals surface area contributed by atoms with Gasteiger partial charge in [-0.25, -0.2) is 18.6 Å². The first-order valence-corrected chi connectivity index (χ1v) is 7.09. The van der Waals surface area contributed by atoms with E-state index in [1.807, 2.05) is 0 Å². The number of halogens is 5. The molecule has 0 aliphatic carbocycles. The van der Waals surface area contributed by atoms with Gasteiger partial charge in [-0.2, -0.15) is 0 Å². The van der Waals surface area contributed by atoms with Crippen LogP contribution >= 0.6 is 31.9 Å². The van der Waals surface area contributed by atoms with Gasteiger partial charge in [-0.05, 0) is 49.6 Å². The van der Waals surface area contributed by atoms with Crippen LogP contribution in [-0.2, 0) is 0 Å². The molecule has 7 heteroatoms. The lowest BCUT2D eigenvalue weighted by Gasteiger charge is -2.19. The van der Waals surface area contributed by atoms with E-state index in [0.29, 0.717) is 5.56 Å². The second-order valence-electron chi connectivity index (χ2n) is 4.01. The van der Waals surface area contributed by atoms with Crippen LogP contribution in [0.3, 0.4) is 0 Å². The van der Waals surface area contributed by atoms with E-state index in [1.54, 1.807) is 6.07 Å². The third-order valence-corrected chi connectivity index (χ3v) is 4.25. The fourth-order valence-corrected chi connectivity index (χ4v) is 2.79. The highest BCUT2D eigenvalue weighted by Gasteiger charge is 2.23. The summed E-state index contributed by atoms with van der Waals surface area (Å²) in [4.78, 5) is 0. The molecule has 0 radical (unpaired) electrons. The molecule has 3 N–H and O–H groups in total. The van der Waals surface area contributed by atoms with Gasteiger partial charge in [0, 0.05) is 5.56 Å². The van der Waals surface area contributed by atoms with Crippen LogP contribution in [0, 0.1) is 17.5 Å². The number of hydrogen-bond acceptors (Lipinski definition) is 2. The fourth-order valence-electron chi connectivity index (χ4n) is 1.85. The second kappa shape index (κ2) is 6.26. The smallest absolute Gasteiger partial charge is 0.173 e. The van der Waals surface area contributed by atoms with E-state index in [-0.39, 0.29) is 14.5 Å². The largest absolute Gasteiger partial charge is 0.271 e. The van der Waals surface area contributed by atoms with Gasteiger partial charge < -0.3 is 0 Å². The minimum Gasteiger partial charge on any atom is -0.271 e. The molecule has 20 heavy (non-hydrogen) atoms. The molecular formula is C13H9Br2F3N2. The highest BCUT2D eigenvalue weighted by atomic mass is 79.9. The molecule has 0 aliphatic rings. The molecule has 0 spiro atoms. The highest BCUT2D eigenvalue weighted by Crippen LogP contribution is 2.33. The Morgan fingerprint density at radius 1 is 0.950 bits per heavy atom. The van der Waals surface area contributed by atoms with Crippen LogP contribution in [0.2, 0.25) is 0 Å². The number of hydrogen-bond donors (Lipinski definition) is 2. The number of nitrogens with two attached hydrogens (primary N) is 1. The van der Waals surface area contributed by atoms with E-state index in [2.05, 4.69) is 37.3 Å². The molecule has 0 fully saturated rings. The number of hydrazine groups is 1. The van der Waals surface area contributed by atoms with E-state index in [0.717, 1.165) is 6.07 Å². The van der Waals surface area contributed by atoms with Crippen LogP contribution in [0.4, 0.5) is 13.2 Å². The molecule has 0 saturated heterocycles. The lowest BCUT2D eigenvalue weighted by atomic mass is 9.98. The third-order valence-electron chi connectivity index (χ3n) is 2.84. The van der Waals surface area contributed by atoms with Gasteiger partial charge in [0.25, 0.3) is 0 Å². The Morgan fingerprint density at radius 3 is 2.30 bits per heavy atom. The van der Waals surface area contributed by atoms with Gasteiger partial charge >= 0.3 is 0 Å². The molecule has 0 saturated carbocycles. The van der Waals surface area contributed by atoms with Gasteiger partial charge in [-0.1, -0.05) is 18.2 Å². The maximum atomic E-state index is 14.1. The SMILES string of the molecule is NNC(c1cccc(Br)c1F)c1ccc(F)c(F)c1Br. The summed E-state index contributed by atoms with van der Waals surface area (Å²) in [5.41, 5.74) is 2.92. The van der Waals surface area contributed by atoms with Crippen LogP contribution < -0.4 is 11.3 Å². The molecule has 2 rings (SSSR count). The van der Waals surface area contributed by atoms with Crippen molar-refractivity contribution in [2.24, 2.45) is 5.84 Å². The van der Waals surface area contributed by atoms with E-state index >= 15 is 0 Å². The molecular weight excluding hydrogens is 401 g/mol. The molecule has 2 aromatic carbocycles. The van der Waals surface area contributed by atoms with Crippen LogP contribution in [0.1, 0.15) is 17.2 Å². The summed E-state index contributed by atoms with van der Waals surface area (Å²) < 4.78 is 41.0. The second-order valence-corrected chi connectivity index (χ2v) is 5.65. The van der Waals surface area contributed by atoms with Crippen molar-refractivity contribution in [2.75, 3.05) is 0 Å². The van der Waals surface area contributed by atoms with Gasteiger partial charge in [0.15, 0.2) is 11.6 Å². The summed E-state index contributed by atoms with van der Waals surface area (Å²) in [6.45, 7) is 0. The summed E-state index contributed by atoms with van der Waals surface area (Å²) in [6, 6.07) is 6.16. The normalized spacial score (nSPS) is 12.5. The van der Waals surface area contributed by atoms with Crippen molar-refractivity contribution in [3.05, 3.63) is 67.9 Å². The lowest BCUT2D eigenvalue weighted by Crippen LogP contribution is -2.30. The summed E-state index contributed by atoms with van der Waals surface area (Å²) in [5, 5.41) is 0. The Hall–Kier alpha value is -0.890. The average Bonchev–Trinajstić information content (AvgIpc) is 2.44. The van der Waals surface area contributed by atoms with Gasteiger partial charge in [-0.15, -0.1) is 0 Å². The van der Waals surface area contributed by atoms with Crippen LogP contribution in [0.15, 0.2) is 39.3 Å². The zero-order valence-corrected chi connectivity index (χ0v) is 13.1. The Labute approximate surface area is 130 Å². The summed E-state index contributed by atoms with van der Waals surface area (Å²) in [6.07, 6.45) is 0. The van der Waals surface area contributed by atoms with E-state index < -0.39 is 23.5 Å². The zero-order valence-electron chi connectivity index (χ0n) is 9.93. The van der Waals surface area contributed by atoms with Crippen LogP contribution in [0.5, 0.6) is 0 Å². The number of rotatable bonds is 3. The van der Waals surface area contributed by atoms with Crippen molar-refractivity contribution in [1.82, 2.24) is 5.43 Å². The first-order chi connectivity index (χ1) is 9.47. The van der Waals surface area contributed by atoms with E-state index in [1.165, 1.54) is 18.2 Å². The predicted octanol–water partition coefficient (Wildman–Crippen LogP) is 4.18. The predicted molar refractivity (Wildman–Crippen MR) is 77.3 cm³/mol. The van der Waals surface area contributed by atoms with Crippen molar-refractivity contribution in [3.8, 4) is 0 Å². The monoisotopic (exact) mass is 408 g/mol. The Bertz CT molecular complexity index is 650. The van der Waals surface area contributed by atoms with E-state index in [9.17, 15) is 13.2 Å². The highest BCUT2D eigenvalue weighted by molar-refractivity contribution is 9.10. The van der Waals surface area contributed by atoms with Crippen molar-refractivity contribution < 1.29 is 13.2 Å². The Morgan fingerprint density at radius 2 is 1.65 bits per heavy atom. The molecule has 0 amide bonds. The zero-order chi connectivity index (χ0) is 14.9. The van der Waals surface area contributed by atoms with Crippen LogP contribution in [0.25, 0.3) is 0 Å². The van der Waals surface area contributed by atoms with Crippen molar-refractivity contribution >= 4 is 31.9 Å². The average molecular weight is 410 g/mol. The van der Waals surface area contributed by atoms with Crippen molar-refractivity contribution in [1.29, 1.82) is 0 Å². The standard InChI is InChI=1S/C13H9Br2F3N2/c14-8-3-1-2-7(11(8)17)13(20-19)6-4-5-9(16)12(18)10(6)15/h1-5,13,20H,19H2. The molecule has 2 nitrogen and oxygen atoms in total. The molecule has 0 aromatic heterocycles. The maximum Gasteiger partial charge on any atom is 0.173 e. The fraction of sp³-hybridized carbons (Fsp3) is 0.0769. The molecule has 106 valence electrons. The molecule has 0 aliphatic heterocycles. The van der Waals surface area contributed by atoms with Crippen molar-refractivity contribution in [3.63, 3.8) is 0 Å². The molecule has 1 unspecified atom stereocenters. The molecule has 0 bridgehead atoms. The number of benzene rings is 2. The molecule has 1 atom stereocenters. The third kappa shape index (κ3) is 2.76. The minimum atomic E-state index is -1.04. The van der Waals surface area contributed by atoms with E-state index in [4.69, 9.17) is 5.84 Å². The first-order valence-electron chi connectivity index (χ1n) is 5.50. The van der Waals surface area contributed by atoms with Gasteiger partial charge in [-0.3, -0.25) is 5.84 Å².